The largest absolute Gasteiger partial charge is 0.460 e. The summed E-state index contributed by atoms with van der Waals surface area (Å²) in [4.78, 5) is 13.0. The molecule has 0 aromatic carbocycles. The predicted octanol–water partition coefficient (Wildman–Crippen LogP) is 3.48. The molecular formula is C25H39N3O6. The second-order valence-corrected chi connectivity index (χ2v) is 10.9. The van der Waals surface area contributed by atoms with Gasteiger partial charge in [-0.15, -0.1) is 5.10 Å². The zero-order chi connectivity index (χ0) is 24.7. The van der Waals surface area contributed by atoms with Crippen molar-refractivity contribution in [3.63, 3.8) is 0 Å². The molecule has 0 amide bonds. The summed E-state index contributed by atoms with van der Waals surface area (Å²) in [7, 11) is 1.69. The molecule has 9 nitrogen and oxygen atoms in total. The van der Waals surface area contributed by atoms with E-state index in [0.29, 0.717) is 25.3 Å². The summed E-state index contributed by atoms with van der Waals surface area (Å²) in [5.74, 6) is 0.437. The maximum atomic E-state index is 13.0. The molecule has 7 atom stereocenters. The highest BCUT2D eigenvalue weighted by molar-refractivity contribution is 5.70. The molecule has 9 heteroatoms. The van der Waals surface area contributed by atoms with Crippen LogP contribution in [0.2, 0.25) is 0 Å². The lowest BCUT2D eigenvalue weighted by Gasteiger charge is -2.42. The molecule has 1 aliphatic carbocycles. The third kappa shape index (κ3) is 5.16. The van der Waals surface area contributed by atoms with Gasteiger partial charge in [0.2, 0.25) is 5.89 Å². The van der Waals surface area contributed by atoms with Gasteiger partial charge in [0, 0.05) is 20.0 Å². The van der Waals surface area contributed by atoms with E-state index >= 15 is 0 Å². The molecule has 2 N–H and O–H groups in total. The van der Waals surface area contributed by atoms with E-state index in [9.17, 15) is 4.79 Å². The predicted molar refractivity (Wildman–Crippen MR) is 125 cm³/mol. The van der Waals surface area contributed by atoms with Gasteiger partial charge >= 0.3 is 12.0 Å². The molecule has 1 saturated carbocycles. The van der Waals surface area contributed by atoms with Crippen LogP contribution in [0.1, 0.15) is 66.2 Å². The van der Waals surface area contributed by atoms with Crippen LogP contribution in [-0.2, 0) is 30.2 Å². The molecule has 0 bridgehead atoms. The van der Waals surface area contributed by atoms with E-state index in [4.69, 9.17) is 29.1 Å². The molecule has 2 aliphatic heterocycles. The number of methoxy groups -OCH3 is 1. The second kappa shape index (κ2) is 9.59. The summed E-state index contributed by atoms with van der Waals surface area (Å²) in [6.07, 6.45) is 4.85. The summed E-state index contributed by atoms with van der Waals surface area (Å²) >= 11 is 0. The van der Waals surface area contributed by atoms with Crippen LogP contribution < -0.4 is 5.73 Å². The fourth-order valence-corrected chi connectivity index (χ4v) is 5.62. The van der Waals surface area contributed by atoms with E-state index in [1.807, 2.05) is 0 Å². The Morgan fingerprint density at radius 1 is 1.32 bits per heavy atom. The van der Waals surface area contributed by atoms with Crippen molar-refractivity contribution in [2.24, 2.45) is 17.8 Å². The van der Waals surface area contributed by atoms with Gasteiger partial charge in [-0.3, -0.25) is 4.79 Å². The fourth-order valence-electron chi connectivity index (χ4n) is 5.62. The Morgan fingerprint density at radius 3 is 2.62 bits per heavy atom. The number of nitrogens with zero attached hydrogens (tertiary/aromatic N) is 2. The van der Waals surface area contributed by atoms with E-state index in [2.05, 4.69) is 50.9 Å². The molecule has 34 heavy (non-hydrogen) atoms. The number of nitrogen functional groups attached to an aromatic ring is 1. The summed E-state index contributed by atoms with van der Waals surface area (Å²) in [5.41, 5.74) is 6.22. The monoisotopic (exact) mass is 477 g/mol. The zero-order valence-electron chi connectivity index (χ0n) is 21.2. The van der Waals surface area contributed by atoms with Crippen LogP contribution in [0.25, 0.3) is 0 Å². The Balaban J connectivity index is 1.42. The Bertz CT molecular complexity index is 906. The Hall–Kier alpha value is -1.97. The van der Waals surface area contributed by atoms with Crippen molar-refractivity contribution < 1.29 is 28.2 Å². The van der Waals surface area contributed by atoms with Crippen molar-refractivity contribution in [3.8, 4) is 0 Å². The van der Waals surface area contributed by atoms with E-state index in [1.54, 1.807) is 7.11 Å². The average Bonchev–Trinajstić information content (AvgIpc) is 3.64. The maximum absolute atomic E-state index is 13.0. The first-order valence-electron chi connectivity index (χ1n) is 12.3. The van der Waals surface area contributed by atoms with Gasteiger partial charge in [-0.25, -0.2) is 0 Å². The second-order valence-electron chi connectivity index (χ2n) is 10.9. The van der Waals surface area contributed by atoms with Crippen LogP contribution in [0.15, 0.2) is 16.1 Å². The number of hydrogen-bond acceptors (Lipinski definition) is 9. The van der Waals surface area contributed by atoms with Gasteiger partial charge in [-0.1, -0.05) is 30.6 Å². The minimum absolute atomic E-state index is 0.00331. The van der Waals surface area contributed by atoms with E-state index in [-0.39, 0.29) is 65.7 Å². The van der Waals surface area contributed by atoms with Crippen molar-refractivity contribution >= 4 is 12.0 Å². The minimum atomic E-state index is -0.355. The molecule has 0 radical (unpaired) electrons. The molecule has 1 aromatic heterocycles. The number of epoxide rings is 2. The standard InChI is InChI=1S/C25H39N3O6/c1-14(2)7-8-18-24(5,34-18)22-21(30-6)17(9-10-25(22)13-31-25)32-20(29)12-16(15(3)4)11-19-27-28-23(26)33-19/h7,15-18,21-22H,8-13H2,1-6H3,(H2,26,28)/t16-,17+,18+,21+,22+,24-,25-/m0/s1. The van der Waals surface area contributed by atoms with Crippen LogP contribution in [0.5, 0.6) is 0 Å². The van der Waals surface area contributed by atoms with E-state index in [0.717, 1.165) is 12.8 Å². The highest BCUT2D eigenvalue weighted by Gasteiger charge is 2.72. The molecular weight excluding hydrogens is 438 g/mol. The van der Waals surface area contributed by atoms with Crippen LogP contribution in [0, 0.1) is 17.8 Å². The van der Waals surface area contributed by atoms with Gasteiger partial charge in [0.1, 0.15) is 23.4 Å². The lowest BCUT2D eigenvalue weighted by atomic mass is 9.68. The smallest absolute Gasteiger partial charge is 0.312 e. The van der Waals surface area contributed by atoms with Gasteiger partial charge in [-0.2, -0.15) is 0 Å². The van der Waals surface area contributed by atoms with Gasteiger partial charge < -0.3 is 29.1 Å². The van der Waals surface area contributed by atoms with Crippen LogP contribution in [-0.4, -0.2) is 59.4 Å². The fraction of sp³-hybridized carbons (Fsp3) is 0.800. The van der Waals surface area contributed by atoms with Crippen molar-refractivity contribution in [1.82, 2.24) is 10.2 Å². The van der Waals surface area contributed by atoms with E-state index < -0.39 is 0 Å². The first kappa shape index (κ1) is 25.1. The number of aromatic nitrogens is 2. The number of hydrogen-bond donors (Lipinski definition) is 1. The summed E-state index contributed by atoms with van der Waals surface area (Å²) in [6.45, 7) is 11.2. The van der Waals surface area contributed by atoms with Gasteiger partial charge in [0.25, 0.3) is 0 Å². The van der Waals surface area contributed by atoms with Crippen molar-refractivity contribution in [2.45, 2.75) is 96.2 Å². The number of carbonyl (C=O) groups is 1. The van der Waals surface area contributed by atoms with Crippen molar-refractivity contribution in [1.29, 1.82) is 0 Å². The molecule has 1 spiro atoms. The molecule has 4 rings (SSSR count). The summed E-state index contributed by atoms with van der Waals surface area (Å²) in [6, 6.07) is 0.0335. The Morgan fingerprint density at radius 2 is 2.06 bits per heavy atom. The van der Waals surface area contributed by atoms with Crippen molar-refractivity contribution in [2.75, 3.05) is 19.5 Å². The van der Waals surface area contributed by atoms with Crippen LogP contribution >= 0.6 is 0 Å². The van der Waals surface area contributed by atoms with E-state index in [1.165, 1.54) is 5.57 Å². The normalized spacial score (nSPS) is 35.3. The molecule has 1 aromatic rings. The zero-order valence-corrected chi connectivity index (χ0v) is 21.2. The Kier molecular flexibility index (Phi) is 7.09. The molecule has 190 valence electrons. The number of anilines is 1. The number of carbonyl (C=O) groups excluding carboxylic acids is 1. The molecule has 2 saturated heterocycles. The minimum Gasteiger partial charge on any atom is -0.460 e. The van der Waals surface area contributed by atoms with Gasteiger partial charge in [0.05, 0.1) is 18.6 Å². The quantitative estimate of drug-likeness (QED) is 0.306. The highest BCUT2D eigenvalue weighted by atomic mass is 16.6. The van der Waals surface area contributed by atoms with Crippen molar-refractivity contribution in [3.05, 3.63) is 17.5 Å². The number of ether oxygens (including phenoxy) is 4. The molecule has 3 fully saturated rings. The first-order valence-corrected chi connectivity index (χ1v) is 12.3. The number of allylic oxidation sites excluding steroid dienone is 1. The third-order valence-electron chi connectivity index (χ3n) is 7.81. The van der Waals surface area contributed by atoms with Gasteiger partial charge in [0.15, 0.2) is 0 Å². The topological polar surface area (TPSA) is 126 Å². The van der Waals surface area contributed by atoms with Crippen LogP contribution in [0.4, 0.5) is 6.01 Å². The SMILES string of the molecule is CO[C@@H]1[C@H](OC(=O)C[C@H](Cc2nnc(N)o2)C(C)C)CC[C@]2(CO2)[C@H]1[C@@]1(C)O[C@@H]1CC=C(C)C. The molecule has 0 unspecified atom stereocenters. The number of rotatable bonds is 10. The average molecular weight is 478 g/mol. The lowest BCUT2D eigenvalue weighted by Crippen LogP contribution is -2.55. The number of esters is 1. The van der Waals surface area contributed by atoms with Crippen LogP contribution in [0.3, 0.4) is 0 Å². The third-order valence-corrected chi connectivity index (χ3v) is 7.81. The highest BCUT2D eigenvalue weighted by Crippen LogP contribution is 2.59. The molecule has 3 heterocycles. The lowest BCUT2D eigenvalue weighted by molar-refractivity contribution is -0.173. The van der Waals surface area contributed by atoms with Gasteiger partial charge in [-0.05, 0) is 51.9 Å². The molecule has 3 aliphatic rings. The number of nitrogens with two attached hydrogens (primary N) is 1. The Labute approximate surface area is 201 Å². The summed E-state index contributed by atoms with van der Waals surface area (Å²) < 4.78 is 29.6. The summed E-state index contributed by atoms with van der Waals surface area (Å²) in [5, 5.41) is 7.65. The first-order chi connectivity index (χ1) is 16.1. The maximum Gasteiger partial charge on any atom is 0.312 e.